The SMILES string of the molecule is O=C(Cc1[nH]nc2ccccc12)N1CCC(O)c2ccccc2C1. The molecule has 5 heteroatoms. The minimum Gasteiger partial charge on any atom is -0.388 e. The summed E-state index contributed by atoms with van der Waals surface area (Å²) in [7, 11) is 0. The lowest BCUT2D eigenvalue weighted by molar-refractivity contribution is -0.131. The number of hydrogen-bond acceptors (Lipinski definition) is 3. The number of H-pyrrole nitrogens is 1. The molecule has 2 heterocycles. The smallest absolute Gasteiger partial charge is 0.228 e. The van der Waals surface area contributed by atoms with Crippen LogP contribution in [0.5, 0.6) is 0 Å². The highest BCUT2D eigenvalue weighted by molar-refractivity contribution is 5.87. The van der Waals surface area contributed by atoms with Gasteiger partial charge in [-0.3, -0.25) is 9.89 Å². The Labute approximate surface area is 139 Å². The number of aromatic nitrogens is 2. The van der Waals surface area contributed by atoms with E-state index in [1.54, 1.807) is 0 Å². The van der Waals surface area contributed by atoms with Gasteiger partial charge in [-0.15, -0.1) is 0 Å². The topological polar surface area (TPSA) is 69.2 Å². The second-order valence-corrected chi connectivity index (χ2v) is 6.21. The van der Waals surface area contributed by atoms with Gasteiger partial charge in [0.05, 0.1) is 23.7 Å². The number of rotatable bonds is 2. The van der Waals surface area contributed by atoms with Gasteiger partial charge in [0.1, 0.15) is 0 Å². The van der Waals surface area contributed by atoms with Crippen LogP contribution in [0.2, 0.25) is 0 Å². The van der Waals surface area contributed by atoms with Crippen molar-refractivity contribution in [1.82, 2.24) is 15.1 Å². The lowest BCUT2D eigenvalue weighted by atomic mass is 10.0. The average molecular weight is 321 g/mol. The first-order valence-corrected chi connectivity index (χ1v) is 8.18. The molecule has 0 radical (unpaired) electrons. The predicted molar refractivity (Wildman–Crippen MR) is 91.2 cm³/mol. The molecule has 5 nitrogen and oxygen atoms in total. The fourth-order valence-corrected chi connectivity index (χ4v) is 3.35. The average Bonchev–Trinajstić information content (AvgIpc) is 2.93. The number of para-hydroxylation sites is 1. The molecule has 3 aromatic rings. The zero-order valence-corrected chi connectivity index (χ0v) is 13.3. The molecule has 24 heavy (non-hydrogen) atoms. The van der Waals surface area contributed by atoms with Gasteiger partial charge in [0, 0.05) is 18.5 Å². The van der Waals surface area contributed by atoms with Gasteiger partial charge in [-0.05, 0) is 23.6 Å². The molecule has 0 fully saturated rings. The van der Waals surface area contributed by atoms with E-state index in [2.05, 4.69) is 10.2 Å². The molecule has 2 N–H and O–H groups in total. The van der Waals surface area contributed by atoms with Gasteiger partial charge in [-0.1, -0.05) is 42.5 Å². The molecule has 1 unspecified atom stereocenters. The highest BCUT2D eigenvalue weighted by Crippen LogP contribution is 2.27. The molecule has 1 aliphatic rings. The molecule has 0 saturated carbocycles. The van der Waals surface area contributed by atoms with E-state index in [9.17, 15) is 9.90 Å². The van der Waals surface area contributed by atoms with E-state index in [0.29, 0.717) is 25.9 Å². The third-order valence-electron chi connectivity index (χ3n) is 4.67. The Morgan fingerprint density at radius 2 is 2.00 bits per heavy atom. The molecule has 2 aromatic carbocycles. The highest BCUT2D eigenvalue weighted by Gasteiger charge is 2.24. The van der Waals surface area contributed by atoms with Gasteiger partial charge in [0.25, 0.3) is 0 Å². The van der Waals surface area contributed by atoms with E-state index < -0.39 is 6.10 Å². The number of carbonyl (C=O) groups excluding carboxylic acids is 1. The molecule has 1 aliphatic heterocycles. The molecule has 0 spiro atoms. The monoisotopic (exact) mass is 321 g/mol. The highest BCUT2D eigenvalue weighted by atomic mass is 16.3. The second kappa shape index (κ2) is 6.09. The number of carbonyl (C=O) groups is 1. The minimum absolute atomic E-state index is 0.0494. The number of benzene rings is 2. The van der Waals surface area contributed by atoms with E-state index >= 15 is 0 Å². The van der Waals surface area contributed by atoms with Crippen LogP contribution in [0, 0.1) is 0 Å². The quantitative estimate of drug-likeness (QED) is 0.762. The van der Waals surface area contributed by atoms with Gasteiger partial charge >= 0.3 is 0 Å². The van der Waals surface area contributed by atoms with Crippen molar-refractivity contribution in [3.05, 3.63) is 65.4 Å². The van der Waals surface area contributed by atoms with Gasteiger partial charge in [0.2, 0.25) is 5.91 Å². The number of aromatic amines is 1. The van der Waals surface area contributed by atoms with Gasteiger partial charge < -0.3 is 10.0 Å². The summed E-state index contributed by atoms with van der Waals surface area (Å²) < 4.78 is 0. The maximum Gasteiger partial charge on any atom is 0.228 e. The van der Waals surface area contributed by atoms with Crippen LogP contribution >= 0.6 is 0 Å². The van der Waals surface area contributed by atoms with Crippen molar-refractivity contribution < 1.29 is 9.90 Å². The summed E-state index contributed by atoms with van der Waals surface area (Å²) in [5.74, 6) is 0.0494. The summed E-state index contributed by atoms with van der Waals surface area (Å²) in [6.07, 6.45) is 0.345. The Hall–Kier alpha value is -2.66. The Morgan fingerprint density at radius 1 is 1.21 bits per heavy atom. The van der Waals surface area contributed by atoms with Crippen molar-refractivity contribution in [2.24, 2.45) is 0 Å². The number of aliphatic hydroxyl groups excluding tert-OH is 1. The Balaban J connectivity index is 1.57. The number of fused-ring (bicyclic) bond motifs is 2. The number of nitrogens with one attached hydrogen (secondary N) is 1. The van der Waals surface area contributed by atoms with Crippen LogP contribution in [-0.4, -0.2) is 32.7 Å². The van der Waals surface area contributed by atoms with Crippen LogP contribution < -0.4 is 0 Å². The van der Waals surface area contributed by atoms with Crippen molar-refractivity contribution >= 4 is 16.8 Å². The van der Waals surface area contributed by atoms with Gasteiger partial charge in [-0.2, -0.15) is 5.10 Å². The first kappa shape index (κ1) is 14.9. The fraction of sp³-hybridized carbons (Fsp3) is 0.263. The lowest BCUT2D eigenvalue weighted by Crippen LogP contribution is -2.32. The van der Waals surface area contributed by atoms with Crippen molar-refractivity contribution in [3.8, 4) is 0 Å². The summed E-state index contributed by atoms with van der Waals surface area (Å²) in [4.78, 5) is 14.6. The maximum atomic E-state index is 12.8. The normalized spacial score (nSPS) is 17.5. The Morgan fingerprint density at radius 3 is 2.92 bits per heavy atom. The largest absolute Gasteiger partial charge is 0.388 e. The number of hydrogen-bond donors (Lipinski definition) is 2. The van der Waals surface area contributed by atoms with E-state index in [1.807, 2.05) is 53.4 Å². The zero-order chi connectivity index (χ0) is 16.5. The van der Waals surface area contributed by atoms with Gasteiger partial charge in [-0.25, -0.2) is 0 Å². The van der Waals surface area contributed by atoms with Crippen molar-refractivity contribution in [1.29, 1.82) is 0 Å². The Bertz CT molecular complexity index is 887. The predicted octanol–water partition coefficient (Wildman–Crippen LogP) is 2.57. The molecular weight excluding hydrogens is 302 g/mol. The minimum atomic E-state index is -0.507. The van der Waals surface area contributed by atoms with E-state index in [1.165, 1.54) is 0 Å². The molecular formula is C19H19N3O2. The third kappa shape index (κ3) is 2.67. The Kier molecular flexibility index (Phi) is 3.78. The summed E-state index contributed by atoms with van der Waals surface area (Å²) in [5.41, 5.74) is 3.66. The first-order valence-electron chi connectivity index (χ1n) is 8.18. The molecule has 1 amide bonds. The van der Waals surface area contributed by atoms with E-state index in [0.717, 1.165) is 27.7 Å². The van der Waals surface area contributed by atoms with Crippen LogP contribution in [0.25, 0.3) is 10.9 Å². The third-order valence-corrected chi connectivity index (χ3v) is 4.67. The summed E-state index contributed by atoms with van der Waals surface area (Å²) in [6, 6.07) is 15.6. The van der Waals surface area contributed by atoms with Crippen molar-refractivity contribution in [2.75, 3.05) is 6.54 Å². The van der Waals surface area contributed by atoms with Crippen molar-refractivity contribution in [2.45, 2.75) is 25.5 Å². The van der Waals surface area contributed by atoms with Crippen LogP contribution in [0.4, 0.5) is 0 Å². The molecule has 122 valence electrons. The van der Waals surface area contributed by atoms with Crippen LogP contribution in [0.1, 0.15) is 29.3 Å². The first-order chi connectivity index (χ1) is 11.7. The molecule has 0 saturated heterocycles. The lowest BCUT2D eigenvalue weighted by Gasteiger charge is -2.20. The summed E-state index contributed by atoms with van der Waals surface area (Å²) in [5, 5.41) is 18.5. The fourth-order valence-electron chi connectivity index (χ4n) is 3.35. The van der Waals surface area contributed by atoms with Crippen LogP contribution in [-0.2, 0) is 17.8 Å². The number of nitrogens with zero attached hydrogens (tertiary/aromatic N) is 2. The molecule has 0 bridgehead atoms. The van der Waals surface area contributed by atoms with Gasteiger partial charge in [0.15, 0.2) is 0 Å². The molecule has 1 atom stereocenters. The summed E-state index contributed by atoms with van der Waals surface area (Å²) >= 11 is 0. The number of amides is 1. The van der Waals surface area contributed by atoms with E-state index in [-0.39, 0.29) is 5.91 Å². The molecule has 0 aliphatic carbocycles. The zero-order valence-electron chi connectivity index (χ0n) is 13.3. The standard InChI is InChI=1S/C19H19N3O2/c23-18-9-10-22(12-13-5-1-2-6-14(13)18)19(24)11-17-15-7-3-4-8-16(15)20-21-17/h1-8,18,23H,9-12H2,(H,20,21). The summed E-state index contributed by atoms with van der Waals surface area (Å²) in [6.45, 7) is 1.10. The van der Waals surface area contributed by atoms with Crippen LogP contribution in [0.3, 0.4) is 0 Å². The molecule has 1 aromatic heterocycles. The van der Waals surface area contributed by atoms with E-state index in [4.69, 9.17) is 0 Å². The second-order valence-electron chi connectivity index (χ2n) is 6.21. The molecule has 4 rings (SSSR count). The van der Waals surface area contributed by atoms with Crippen LogP contribution in [0.15, 0.2) is 48.5 Å². The van der Waals surface area contributed by atoms with Crippen molar-refractivity contribution in [3.63, 3.8) is 0 Å². The number of aliphatic hydroxyl groups is 1. The maximum absolute atomic E-state index is 12.8.